The van der Waals surface area contributed by atoms with E-state index >= 15 is 0 Å². The van der Waals surface area contributed by atoms with Crippen LogP contribution in [-0.4, -0.2) is 5.11 Å². The van der Waals surface area contributed by atoms with Crippen LogP contribution in [0.4, 0.5) is 0 Å². The molecular formula is C21H20O2. The topological polar surface area (TPSA) is 29.5 Å². The molecule has 0 bridgehead atoms. The summed E-state index contributed by atoms with van der Waals surface area (Å²) in [4.78, 5) is 0. The van der Waals surface area contributed by atoms with Gasteiger partial charge in [-0.2, -0.15) is 0 Å². The summed E-state index contributed by atoms with van der Waals surface area (Å²) < 4.78 is 5.78. The van der Waals surface area contributed by atoms with E-state index in [-0.39, 0.29) is 5.75 Å². The second-order valence-electron chi connectivity index (χ2n) is 5.53. The molecule has 2 heteroatoms. The lowest BCUT2D eigenvalue weighted by atomic mass is 10.0. The van der Waals surface area contributed by atoms with Crippen LogP contribution in [0, 0.1) is 0 Å². The van der Waals surface area contributed by atoms with E-state index < -0.39 is 0 Å². The molecule has 0 aliphatic carbocycles. The van der Waals surface area contributed by atoms with E-state index in [9.17, 15) is 5.11 Å². The minimum atomic E-state index is 0.271. The van der Waals surface area contributed by atoms with Gasteiger partial charge >= 0.3 is 0 Å². The summed E-state index contributed by atoms with van der Waals surface area (Å²) in [5, 5.41) is 9.27. The standard InChI is InChI=1S/C21H20O2/c1-2-16-3-7-18(8-4-16)19-9-13-21(14-10-19)23-15-17-5-11-20(22)12-6-17/h3-14,22H,2,15H2,1H3. The number of ether oxygens (including phenoxy) is 1. The van der Waals surface area contributed by atoms with Crippen molar-refractivity contribution in [2.24, 2.45) is 0 Å². The monoisotopic (exact) mass is 304 g/mol. The first kappa shape index (κ1) is 15.2. The summed E-state index contributed by atoms with van der Waals surface area (Å²) in [7, 11) is 0. The van der Waals surface area contributed by atoms with Crippen LogP contribution in [-0.2, 0) is 13.0 Å². The van der Waals surface area contributed by atoms with Gasteiger partial charge in [-0.3, -0.25) is 0 Å². The lowest BCUT2D eigenvalue weighted by molar-refractivity contribution is 0.306. The number of hydrogen-bond acceptors (Lipinski definition) is 2. The summed E-state index contributed by atoms with van der Waals surface area (Å²) in [5.41, 5.74) is 4.78. The van der Waals surface area contributed by atoms with Gasteiger partial charge in [-0.15, -0.1) is 0 Å². The fourth-order valence-corrected chi connectivity index (χ4v) is 2.44. The molecule has 0 saturated carbocycles. The Kier molecular flexibility index (Phi) is 4.62. The van der Waals surface area contributed by atoms with E-state index in [0.29, 0.717) is 6.61 Å². The molecule has 0 spiro atoms. The quantitative estimate of drug-likeness (QED) is 0.702. The average Bonchev–Trinajstić information content (AvgIpc) is 2.62. The fourth-order valence-electron chi connectivity index (χ4n) is 2.44. The molecular weight excluding hydrogens is 284 g/mol. The van der Waals surface area contributed by atoms with Crippen LogP contribution >= 0.6 is 0 Å². The van der Waals surface area contributed by atoms with Crippen molar-refractivity contribution < 1.29 is 9.84 Å². The highest BCUT2D eigenvalue weighted by atomic mass is 16.5. The molecule has 0 aromatic heterocycles. The molecule has 3 rings (SSSR count). The molecule has 2 nitrogen and oxygen atoms in total. The van der Waals surface area contributed by atoms with Crippen molar-refractivity contribution in [1.29, 1.82) is 0 Å². The first-order valence-corrected chi connectivity index (χ1v) is 7.84. The molecule has 116 valence electrons. The second-order valence-corrected chi connectivity index (χ2v) is 5.53. The number of hydrogen-bond donors (Lipinski definition) is 1. The smallest absolute Gasteiger partial charge is 0.119 e. The fraction of sp³-hybridized carbons (Fsp3) is 0.143. The van der Waals surface area contributed by atoms with Gasteiger partial charge in [0.1, 0.15) is 18.1 Å². The number of phenols is 1. The molecule has 3 aromatic rings. The zero-order valence-electron chi connectivity index (χ0n) is 13.2. The van der Waals surface area contributed by atoms with Crippen LogP contribution < -0.4 is 4.74 Å². The van der Waals surface area contributed by atoms with Crippen LogP contribution in [0.15, 0.2) is 72.8 Å². The largest absolute Gasteiger partial charge is 0.508 e. The van der Waals surface area contributed by atoms with E-state index in [2.05, 4.69) is 43.3 Å². The van der Waals surface area contributed by atoms with Crippen molar-refractivity contribution in [3.8, 4) is 22.6 Å². The van der Waals surface area contributed by atoms with E-state index in [1.807, 2.05) is 24.3 Å². The third kappa shape index (κ3) is 3.92. The molecule has 0 heterocycles. The predicted octanol–water partition coefficient (Wildman–Crippen LogP) is 5.20. The van der Waals surface area contributed by atoms with Crippen molar-refractivity contribution in [1.82, 2.24) is 0 Å². The lowest BCUT2D eigenvalue weighted by Crippen LogP contribution is -1.94. The van der Waals surface area contributed by atoms with Gasteiger partial charge in [0.15, 0.2) is 0 Å². The highest BCUT2D eigenvalue weighted by Gasteiger charge is 2.00. The third-order valence-corrected chi connectivity index (χ3v) is 3.89. The molecule has 0 amide bonds. The van der Waals surface area contributed by atoms with Gasteiger partial charge in [0, 0.05) is 0 Å². The van der Waals surface area contributed by atoms with Crippen LogP contribution in [0.2, 0.25) is 0 Å². The Labute approximate surface area is 137 Å². The minimum absolute atomic E-state index is 0.271. The molecule has 0 aliphatic heterocycles. The molecule has 1 N–H and O–H groups in total. The van der Waals surface area contributed by atoms with Gasteiger partial charge in [0.25, 0.3) is 0 Å². The maximum absolute atomic E-state index is 9.27. The average molecular weight is 304 g/mol. The van der Waals surface area contributed by atoms with Crippen molar-refractivity contribution in [2.45, 2.75) is 20.0 Å². The Morgan fingerprint density at radius 1 is 0.696 bits per heavy atom. The zero-order valence-corrected chi connectivity index (χ0v) is 13.2. The van der Waals surface area contributed by atoms with Gasteiger partial charge in [0.05, 0.1) is 0 Å². The van der Waals surface area contributed by atoms with Crippen molar-refractivity contribution >= 4 is 0 Å². The molecule has 0 aliphatic rings. The SMILES string of the molecule is CCc1ccc(-c2ccc(OCc3ccc(O)cc3)cc2)cc1. The molecule has 0 fully saturated rings. The van der Waals surface area contributed by atoms with Crippen molar-refractivity contribution in [3.63, 3.8) is 0 Å². The number of benzene rings is 3. The van der Waals surface area contributed by atoms with E-state index in [4.69, 9.17) is 4.74 Å². The third-order valence-electron chi connectivity index (χ3n) is 3.89. The summed E-state index contributed by atoms with van der Waals surface area (Å²) in [6.07, 6.45) is 1.06. The first-order valence-electron chi connectivity index (χ1n) is 7.84. The molecule has 3 aromatic carbocycles. The molecule has 0 saturated heterocycles. The summed E-state index contributed by atoms with van der Waals surface area (Å²) in [5.74, 6) is 1.11. The summed E-state index contributed by atoms with van der Waals surface area (Å²) >= 11 is 0. The lowest BCUT2D eigenvalue weighted by Gasteiger charge is -2.08. The van der Waals surface area contributed by atoms with Gasteiger partial charge < -0.3 is 9.84 Å². The number of rotatable bonds is 5. The van der Waals surface area contributed by atoms with Crippen molar-refractivity contribution in [2.75, 3.05) is 0 Å². The zero-order chi connectivity index (χ0) is 16.1. The van der Waals surface area contributed by atoms with Gasteiger partial charge in [0.2, 0.25) is 0 Å². The number of aromatic hydroxyl groups is 1. The Bertz CT molecular complexity index is 741. The number of phenolic OH excluding ortho intramolecular Hbond substituents is 1. The summed E-state index contributed by atoms with van der Waals surface area (Å²) in [6, 6.07) is 23.8. The maximum Gasteiger partial charge on any atom is 0.119 e. The van der Waals surface area contributed by atoms with Crippen LogP contribution in [0.5, 0.6) is 11.5 Å². The normalized spacial score (nSPS) is 10.5. The number of aryl methyl sites for hydroxylation is 1. The van der Waals surface area contributed by atoms with E-state index in [0.717, 1.165) is 17.7 Å². The Hall–Kier alpha value is -2.74. The van der Waals surface area contributed by atoms with Gasteiger partial charge in [-0.25, -0.2) is 0 Å². The Morgan fingerprint density at radius 2 is 1.22 bits per heavy atom. The van der Waals surface area contributed by atoms with Crippen LogP contribution in [0.1, 0.15) is 18.1 Å². The van der Waals surface area contributed by atoms with E-state index in [1.165, 1.54) is 16.7 Å². The Balaban J connectivity index is 1.65. The molecule has 0 unspecified atom stereocenters. The van der Waals surface area contributed by atoms with Crippen LogP contribution in [0.3, 0.4) is 0 Å². The van der Waals surface area contributed by atoms with Gasteiger partial charge in [-0.1, -0.05) is 55.5 Å². The first-order chi connectivity index (χ1) is 11.2. The highest BCUT2D eigenvalue weighted by molar-refractivity contribution is 5.64. The molecule has 0 atom stereocenters. The minimum Gasteiger partial charge on any atom is -0.508 e. The highest BCUT2D eigenvalue weighted by Crippen LogP contribution is 2.23. The van der Waals surface area contributed by atoms with E-state index in [1.54, 1.807) is 12.1 Å². The second kappa shape index (κ2) is 7.01. The predicted molar refractivity (Wildman–Crippen MR) is 93.7 cm³/mol. The maximum atomic E-state index is 9.27. The Morgan fingerprint density at radius 3 is 1.78 bits per heavy atom. The molecule has 23 heavy (non-hydrogen) atoms. The summed E-state index contributed by atoms with van der Waals surface area (Å²) in [6.45, 7) is 2.65. The van der Waals surface area contributed by atoms with Crippen molar-refractivity contribution in [3.05, 3.63) is 83.9 Å². The molecule has 0 radical (unpaired) electrons. The van der Waals surface area contributed by atoms with Gasteiger partial charge in [-0.05, 0) is 52.9 Å². The van der Waals surface area contributed by atoms with Crippen LogP contribution in [0.25, 0.3) is 11.1 Å².